The summed E-state index contributed by atoms with van der Waals surface area (Å²) in [6.45, 7) is 0.889. The molecule has 0 saturated heterocycles. The zero-order valence-electron chi connectivity index (χ0n) is 14.4. The van der Waals surface area contributed by atoms with Crippen LogP contribution in [0.1, 0.15) is 46.7 Å². The molecule has 1 fully saturated rings. The number of benzene rings is 1. The third kappa shape index (κ3) is 2.73. The van der Waals surface area contributed by atoms with E-state index in [2.05, 4.69) is 15.6 Å². The van der Waals surface area contributed by atoms with Crippen LogP contribution in [-0.4, -0.2) is 35.3 Å². The van der Waals surface area contributed by atoms with Gasteiger partial charge in [0, 0.05) is 24.6 Å². The molecule has 0 spiro atoms. The minimum atomic E-state index is -0.114. The first-order valence-corrected chi connectivity index (χ1v) is 9.09. The fourth-order valence-corrected chi connectivity index (χ4v) is 3.52. The summed E-state index contributed by atoms with van der Waals surface area (Å²) in [6.07, 6.45) is 4.86. The molecule has 3 heterocycles. The Balaban J connectivity index is 1.48. The lowest BCUT2D eigenvalue weighted by atomic mass is 9.92. The third-order valence-corrected chi connectivity index (χ3v) is 5.17. The Labute approximate surface area is 151 Å². The molecular formula is C19H20N4O3. The van der Waals surface area contributed by atoms with E-state index >= 15 is 0 Å². The van der Waals surface area contributed by atoms with E-state index < -0.39 is 0 Å². The highest BCUT2D eigenvalue weighted by Gasteiger charge is 2.26. The van der Waals surface area contributed by atoms with Crippen LogP contribution in [0.25, 0.3) is 0 Å². The van der Waals surface area contributed by atoms with Crippen molar-refractivity contribution >= 4 is 11.7 Å². The van der Waals surface area contributed by atoms with Crippen LogP contribution in [0.3, 0.4) is 0 Å². The molecule has 0 bridgehead atoms. The number of fused-ring (bicyclic) bond motifs is 2. The number of ether oxygens (including phenoxy) is 2. The first-order valence-electron chi connectivity index (χ1n) is 9.09. The normalized spacial score (nSPS) is 18.1. The Bertz CT molecular complexity index is 879. The summed E-state index contributed by atoms with van der Waals surface area (Å²) in [5.74, 6) is 2.85. The van der Waals surface area contributed by atoms with Gasteiger partial charge in [0.05, 0.1) is 0 Å². The van der Waals surface area contributed by atoms with Crippen molar-refractivity contribution in [3.8, 4) is 11.5 Å². The SMILES string of the molecule is O=C1NCCc2c(NC3CCC3)nc(Cc3ccc4c(c3)OCO4)nc21. The maximum absolute atomic E-state index is 12.3. The molecule has 134 valence electrons. The van der Waals surface area contributed by atoms with Crippen LogP contribution in [0.4, 0.5) is 5.82 Å². The molecule has 0 radical (unpaired) electrons. The molecule has 3 aliphatic rings. The van der Waals surface area contributed by atoms with E-state index in [1.165, 1.54) is 6.42 Å². The highest BCUT2D eigenvalue weighted by atomic mass is 16.7. The molecule has 1 saturated carbocycles. The van der Waals surface area contributed by atoms with Crippen molar-refractivity contribution in [1.82, 2.24) is 15.3 Å². The third-order valence-electron chi connectivity index (χ3n) is 5.17. The van der Waals surface area contributed by atoms with Crippen LogP contribution in [0, 0.1) is 0 Å². The van der Waals surface area contributed by atoms with Crippen molar-refractivity contribution in [3.05, 3.63) is 40.8 Å². The van der Waals surface area contributed by atoms with Crippen molar-refractivity contribution in [3.63, 3.8) is 0 Å². The van der Waals surface area contributed by atoms with Crippen molar-refractivity contribution < 1.29 is 14.3 Å². The Morgan fingerprint density at radius 2 is 2.08 bits per heavy atom. The monoisotopic (exact) mass is 352 g/mol. The number of rotatable bonds is 4. The quantitative estimate of drug-likeness (QED) is 0.876. The van der Waals surface area contributed by atoms with Crippen molar-refractivity contribution in [1.29, 1.82) is 0 Å². The number of hydrogen-bond donors (Lipinski definition) is 2. The molecular weight excluding hydrogens is 332 g/mol. The molecule has 2 aliphatic heterocycles. The maximum Gasteiger partial charge on any atom is 0.270 e. The van der Waals surface area contributed by atoms with E-state index in [1.54, 1.807) is 0 Å². The van der Waals surface area contributed by atoms with Gasteiger partial charge in [-0.2, -0.15) is 0 Å². The summed E-state index contributed by atoms with van der Waals surface area (Å²) in [4.78, 5) is 21.6. The van der Waals surface area contributed by atoms with Gasteiger partial charge < -0.3 is 20.1 Å². The summed E-state index contributed by atoms with van der Waals surface area (Å²) in [7, 11) is 0. The topological polar surface area (TPSA) is 85.4 Å². The van der Waals surface area contributed by atoms with Gasteiger partial charge in [0.15, 0.2) is 11.5 Å². The zero-order valence-corrected chi connectivity index (χ0v) is 14.4. The summed E-state index contributed by atoms with van der Waals surface area (Å²) >= 11 is 0. The Hall–Kier alpha value is -2.83. The number of aromatic nitrogens is 2. The van der Waals surface area contributed by atoms with E-state index in [-0.39, 0.29) is 12.7 Å². The standard InChI is InChI=1S/C19H20N4O3/c24-19-17-13(6-7-20-19)18(21-12-2-1-3-12)23-16(22-17)9-11-4-5-14-15(8-11)26-10-25-14/h4-5,8,12H,1-3,6-7,9-10H2,(H,20,24)(H,21,22,23). The van der Waals surface area contributed by atoms with Gasteiger partial charge in [-0.25, -0.2) is 9.97 Å². The number of nitrogens with one attached hydrogen (secondary N) is 2. The summed E-state index contributed by atoms with van der Waals surface area (Å²) < 4.78 is 10.8. The van der Waals surface area contributed by atoms with E-state index in [9.17, 15) is 4.79 Å². The Morgan fingerprint density at radius 3 is 2.92 bits per heavy atom. The van der Waals surface area contributed by atoms with Gasteiger partial charge in [-0.3, -0.25) is 4.79 Å². The molecule has 1 aliphatic carbocycles. The zero-order chi connectivity index (χ0) is 17.5. The summed E-state index contributed by atoms with van der Waals surface area (Å²) in [6, 6.07) is 6.29. The van der Waals surface area contributed by atoms with Crippen LogP contribution in [0.2, 0.25) is 0 Å². The minimum Gasteiger partial charge on any atom is -0.454 e. The molecule has 1 amide bonds. The Kier molecular flexibility index (Phi) is 3.65. The van der Waals surface area contributed by atoms with Crippen LogP contribution in [-0.2, 0) is 12.8 Å². The number of carbonyl (C=O) groups is 1. The number of carbonyl (C=O) groups excluding carboxylic acids is 1. The van der Waals surface area contributed by atoms with Gasteiger partial charge in [-0.15, -0.1) is 0 Å². The molecule has 0 atom stereocenters. The second kappa shape index (κ2) is 6.16. The van der Waals surface area contributed by atoms with Gasteiger partial charge in [0.2, 0.25) is 6.79 Å². The molecule has 1 aromatic carbocycles. The minimum absolute atomic E-state index is 0.114. The van der Waals surface area contributed by atoms with Crippen molar-refractivity contribution in [2.24, 2.45) is 0 Å². The van der Waals surface area contributed by atoms with E-state index in [0.29, 0.717) is 30.5 Å². The molecule has 2 N–H and O–H groups in total. The molecule has 7 nitrogen and oxygen atoms in total. The Morgan fingerprint density at radius 1 is 1.19 bits per heavy atom. The van der Waals surface area contributed by atoms with Gasteiger partial charge in [0.25, 0.3) is 5.91 Å². The maximum atomic E-state index is 12.3. The smallest absolute Gasteiger partial charge is 0.270 e. The van der Waals surface area contributed by atoms with E-state index in [0.717, 1.165) is 47.7 Å². The fourth-order valence-electron chi connectivity index (χ4n) is 3.52. The molecule has 0 unspecified atom stereocenters. The first-order chi connectivity index (χ1) is 12.8. The molecule has 26 heavy (non-hydrogen) atoms. The van der Waals surface area contributed by atoms with Gasteiger partial charge in [-0.1, -0.05) is 6.07 Å². The molecule has 5 rings (SSSR count). The summed E-state index contributed by atoms with van der Waals surface area (Å²) in [5, 5.41) is 6.40. The average Bonchev–Trinajstić information content (AvgIpc) is 3.06. The second-order valence-corrected chi connectivity index (χ2v) is 6.96. The van der Waals surface area contributed by atoms with E-state index in [1.807, 2.05) is 18.2 Å². The van der Waals surface area contributed by atoms with E-state index in [4.69, 9.17) is 14.5 Å². The number of amides is 1. The fraction of sp³-hybridized carbons (Fsp3) is 0.421. The lowest BCUT2D eigenvalue weighted by Crippen LogP contribution is -2.36. The van der Waals surface area contributed by atoms with Gasteiger partial charge >= 0.3 is 0 Å². The molecule has 7 heteroatoms. The first kappa shape index (κ1) is 15.4. The van der Waals surface area contributed by atoms with Crippen molar-refractivity contribution in [2.75, 3.05) is 18.7 Å². The highest BCUT2D eigenvalue weighted by molar-refractivity contribution is 5.96. The van der Waals surface area contributed by atoms with Gasteiger partial charge in [0.1, 0.15) is 17.3 Å². The lowest BCUT2D eigenvalue weighted by molar-refractivity contribution is 0.0940. The number of hydrogen-bond acceptors (Lipinski definition) is 6. The number of nitrogens with zero attached hydrogens (tertiary/aromatic N) is 2. The second-order valence-electron chi connectivity index (χ2n) is 6.96. The summed E-state index contributed by atoms with van der Waals surface area (Å²) in [5.41, 5.74) is 2.47. The van der Waals surface area contributed by atoms with Crippen LogP contribution < -0.4 is 20.1 Å². The average molecular weight is 352 g/mol. The van der Waals surface area contributed by atoms with Gasteiger partial charge in [-0.05, 0) is 43.4 Å². The number of anilines is 1. The van der Waals surface area contributed by atoms with Crippen LogP contribution >= 0.6 is 0 Å². The molecule has 1 aromatic heterocycles. The van der Waals surface area contributed by atoms with Crippen molar-refractivity contribution in [2.45, 2.75) is 38.1 Å². The largest absolute Gasteiger partial charge is 0.454 e. The van der Waals surface area contributed by atoms with Crippen LogP contribution in [0.5, 0.6) is 11.5 Å². The predicted octanol–water partition coefficient (Wildman–Crippen LogP) is 2.05. The van der Waals surface area contributed by atoms with Crippen LogP contribution in [0.15, 0.2) is 18.2 Å². The lowest BCUT2D eigenvalue weighted by Gasteiger charge is -2.29. The highest BCUT2D eigenvalue weighted by Crippen LogP contribution is 2.33. The predicted molar refractivity (Wildman–Crippen MR) is 94.7 cm³/mol. The molecule has 2 aromatic rings.